The number of carbonyl (C=O) groups is 1. The molecule has 10 aromatic heterocycles. The van der Waals surface area contributed by atoms with Crippen LogP contribution in [0.2, 0.25) is 0 Å². The first-order valence-electron chi connectivity index (χ1n) is 43.2. The van der Waals surface area contributed by atoms with Crippen LogP contribution in [0.4, 0.5) is 54.5 Å². The molecule has 12 aromatic carbocycles. The Hall–Kier alpha value is -15.0. The number of hydrogen-bond donors (Lipinski definition) is 3. The van der Waals surface area contributed by atoms with Crippen LogP contribution in [0.1, 0.15) is 10.5 Å². The summed E-state index contributed by atoms with van der Waals surface area (Å²) in [5, 5.41) is 16.5. The quantitative estimate of drug-likeness (QED) is 0.0553. The smallest absolute Gasteiger partial charge is 0.477 e. The minimum atomic E-state index is -0.990. The van der Waals surface area contributed by atoms with Gasteiger partial charge in [0.15, 0.2) is 34.6 Å². The molecule has 0 amide bonds. The summed E-state index contributed by atoms with van der Waals surface area (Å²) in [7, 11) is 0. The Morgan fingerprint density at radius 2 is 0.908 bits per heavy atom. The molecule has 20 nitrogen and oxygen atoms in total. The maximum absolute atomic E-state index is 13.2. The first-order valence-corrected chi connectivity index (χ1v) is 44.3. The summed E-state index contributed by atoms with van der Waals surface area (Å²) in [5.41, 5.74) is 21.4. The third kappa shape index (κ3) is 21.4. The number of rotatable bonds is 13. The topological polar surface area (TPSA) is 235 Å². The van der Waals surface area contributed by atoms with Crippen LogP contribution in [0.3, 0.4) is 0 Å². The largest absolute Gasteiger partial charge is 2.00 e. The number of pyridine rings is 8. The average molecular weight is 2740 g/mol. The fourth-order valence-corrected chi connectivity index (χ4v) is 16.7. The van der Waals surface area contributed by atoms with Crippen molar-refractivity contribution in [3.05, 3.63) is 467 Å². The Bertz CT molecular complexity index is 7870. The molecule has 28 heteroatoms. The number of para-hydroxylation sites is 5. The molecule has 13 heterocycles. The summed E-state index contributed by atoms with van der Waals surface area (Å²) < 4.78 is 45.6. The number of carboxylic acids is 1. The van der Waals surface area contributed by atoms with Crippen molar-refractivity contribution in [2.75, 3.05) is 15.1 Å². The maximum atomic E-state index is 13.2. The van der Waals surface area contributed by atoms with Crippen LogP contribution in [-0.2, 0) is 108 Å². The van der Waals surface area contributed by atoms with Crippen molar-refractivity contribution in [1.29, 1.82) is 0 Å². The summed E-state index contributed by atoms with van der Waals surface area (Å²) in [4.78, 5) is 54.1. The van der Waals surface area contributed by atoms with Crippen LogP contribution in [-0.4, -0.2) is 66.8 Å². The van der Waals surface area contributed by atoms with Gasteiger partial charge in [-0.1, -0.05) is 180 Å². The molecule has 3 aliphatic rings. The number of nitrogens with one attached hydrogen (secondary N) is 1. The van der Waals surface area contributed by atoms with Gasteiger partial charge in [-0.2, -0.15) is 17.6 Å². The van der Waals surface area contributed by atoms with E-state index in [9.17, 15) is 13.6 Å². The number of nitrogens with zero attached hydrogens (tertiary/aromatic N) is 13. The maximum Gasteiger partial charge on any atom is 2.00 e. The number of aromatic nitrogens is 10. The van der Waals surface area contributed by atoms with E-state index in [1.54, 1.807) is 56.2 Å². The molecule has 1 radical (unpaired) electrons. The first-order chi connectivity index (χ1) is 67.6. The molecular formula is C113H71BF2IrN15O5Pt4-. The van der Waals surface area contributed by atoms with Crippen LogP contribution in [0.15, 0.2) is 411 Å². The molecule has 0 fully saturated rings. The van der Waals surface area contributed by atoms with E-state index in [0.717, 1.165) is 147 Å². The number of hydrogen-bond acceptors (Lipinski definition) is 17. The zero-order valence-corrected chi connectivity index (χ0v) is 85.1. The molecule has 0 spiro atoms. The van der Waals surface area contributed by atoms with Crippen molar-refractivity contribution in [3.8, 4) is 90.9 Å². The van der Waals surface area contributed by atoms with Gasteiger partial charge in [-0.25, -0.2) is 19.7 Å². The van der Waals surface area contributed by atoms with E-state index >= 15 is 0 Å². The van der Waals surface area contributed by atoms with Gasteiger partial charge >= 0.3 is 103 Å². The van der Waals surface area contributed by atoms with Gasteiger partial charge in [0, 0.05) is 91.3 Å². The Kier molecular flexibility index (Phi) is 32.4. The van der Waals surface area contributed by atoms with Crippen LogP contribution in [0.25, 0.3) is 112 Å². The number of fused-ring (bicyclic) bond motifs is 12. The summed E-state index contributed by atoms with van der Waals surface area (Å²) in [6.45, 7) is -0.0477. The van der Waals surface area contributed by atoms with Crippen LogP contribution >= 0.6 is 0 Å². The van der Waals surface area contributed by atoms with Crippen molar-refractivity contribution in [1.82, 2.24) is 49.0 Å². The minimum absolute atomic E-state index is 0. The molecule has 22 aromatic rings. The molecule has 0 saturated heterocycles. The van der Waals surface area contributed by atoms with Gasteiger partial charge < -0.3 is 48.9 Å². The fraction of sp³-hybridized carbons (Fsp3) is 0. The predicted octanol–water partition coefficient (Wildman–Crippen LogP) is 23.9. The van der Waals surface area contributed by atoms with Crippen LogP contribution < -0.4 is 46.9 Å². The summed E-state index contributed by atoms with van der Waals surface area (Å²) in [6.07, 6.45) is 10.3. The zero-order chi connectivity index (χ0) is 92.9. The summed E-state index contributed by atoms with van der Waals surface area (Å²) in [5.74, 6) is 7.85. The Balaban J connectivity index is 0.000000133. The molecule has 141 heavy (non-hydrogen) atoms. The molecule has 0 unspecified atom stereocenters. The van der Waals surface area contributed by atoms with E-state index < -0.39 is 17.6 Å². The molecule has 0 aliphatic carbocycles. The van der Waals surface area contributed by atoms with Crippen molar-refractivity contribution < 1.29 is 136 Å². The van der Waals surface area contributed by atoms with Crippen molar-refractivity contribution in [3.63, 3.8) is 0 Å². The normalized spacial score (nSPS) is 11.2. The van der Waals surface area contributed by atoms with Gasteiger partial charge in [0.25, 0.3) is 0 Å². The molecular weight excluding hydrogens is 2670 g/mol. The Labute approximate surface area is 878 Å². The van der Waals surface area contributed by atoms with E-state index in [4.69, 9.17) is 24.5 Å². The molecule has 0 saturated carbocycles. The van der Waals surface area contributed by atoms with Crippen LogP contribution in [0, 0.1) is 54.1 Å². The molecule has 25 rings (SSSR count). The first kappa shape index (κ1) is 99.0. The van der Waals surface area contributed by atoms with Gasteiger partial charge in [-0.05, 0) is 160 Å². The molecule has 4 N–H and O–H groups in total. The van der Waals surface area contributed by atoms with E-state index in [-0.39, 0.29) is 101 Å². The second-order valence-electron chi connectivity index (χ2n) is 30.9. The summed E-state index contributed by atoms with van der Waals surface area (Å²) >= 11 is 1.62. The number of nitrogens with two attached hydrogens (primary N) is 1. The number of ether oxygens (including phenoxy) is 2. The van der Waals surface area contributed by atoms with E-state index in [0.29, 0.717) is 40.3 Å². The summed E-state index contributed by atoms with van der Waals surface area (Å²) in [6, 6.07) is 144. The molecule has 0 bridgehead atoms. The monoisotopic (exact) mass is 2740 g/mol. The molecule has 3 aliphatic heterocycles. The fourth-order valence-electron chi connectivity index (χ4n) is 16.7. The third-order valence-corrected chi connectivity index (χ3v) is 22.8. The second kappa shape index (κ2) is 46.2. The molecule has 0 atom stereocenters. The molecule has 695 valence electrons. The SMILES string of the molecule is Fc1c[c-]c(-c2ccccn2)c(F)c1.NO[N]=[Pt].O=C(O)c1ccccn1.[Ir].[Pt+2].[Pt+2].[Pt+2].[c-]1c(B2c3[c-]c(-c4ccccn4)ccc3N(c3ccccc3)c3ccccc32)cccc1-c1ccccn1.[c-]1c(Nc2[c-]c3c(cc2)c2ccccc2n3-c2ccccn2)ccc2c3ccccc3n(-c3ccccn3)c12.[c-]1ccccc1-c1ccc2c(n1)N1c3nc(-c4[c-]cccc4)ccc3Oc3cccc(c31)O2. The van der Waals surface area contributed by atoms with E-state index in [1.165, 1.54) is 28.5 Å². The standard InChI is InChI=1S/C34H22BN3.C34H21N5.C28H15N3O2.C11H6F2N.C6H5NO2.Ir.H2N2O.4Pt/c1-2-13-28(14-3-1)38-33-18-5-4-15-29(33)35(27-12-10-11-25(23-27)31-16-6-8-21-36-31)30-24-26(19-20-34(30)38)32-17-7-9-22-37-32;1-3-11-29-25(9-1)27-17-15-23(21-31(27)38(29)33-13-5-7-19-35-33)37-24-16-18-28-26-10-2-4-12-30(26)39(32(28)22-24)34-14-6-8-20-36-34;1-3-8-18(9-4-1)20-14-16-24-27(29-20)31-26-22(32-24)12-7-13-23(26)33-25-17-15-21(30-28(25)31)19-10-5-2-6-11-19;12-8-4-5-9(10(13)7-8)11-3-1-2-6-14-11;8-6(9)5-3-1-2-4-7-5;;1-3-2;;;;/h1-22H;1-20,37H;1-8,10,12-17H;1-4,6-7H;1-4H,(H,8,9);;1H2;;;;/q3*-2;-1;;;;;3*+2. The van der Waals surface area contributed by atoms with Gasteiger partial charge in [0.2, 0.25) is 6.71 Å². The van der Waals surface area contributed by atoms with Gasteiger partial charge in [-0.3, -0.25) is 23.6 Å². The Morgan fingerprint density at radius 3 is 1.40 bits per heavy atom. The zero-order valence-electron chi connectivity index (χ0n) is 73.6. The number of carboxylic acid groups (broad SMARTS) is 1. The number of aromatic carboxylic acids is 1. The minimum Gasteiger partial charge on any atom is -0.477 e. The average Bonchev–Trinajstić information content (AvgIpc) is 1.60. The van der Waals surface area contributed by atoms with Crippen molar-refractivity contribution in [2.45, 2.75) is 0 Å². The van der Waals surface area contributed by atoms with Crippen molar-refractivity contribution >= 4 is 118 Å². The van der Waals surface area contributed by atoms with Crippen LogP contribution in [0.5, 0.6) is 23.0 Å². The van der Waals surface area contributed by atoms with Gasteiger partial charge in [0.05, 0.1) is 0 Å². The van der Waals surface area contributed by atoms with E-state index in [2.05, 4.69) is 264 Å². The predicted molar refractivity (Wildman–Crippen MR) is 527 cm³/mol. The number of halogens is 2. The van der Waals surface area contributed by atoms with Gasteiger partial charge in [0.1, 0.15) is 23.0 Å². The van der Waals surface area contributed by atoms with Gasteiger partial charge in [-0.15, -0.1) is 178 Å². The second-order valence-corrected chi connectivity index (χ2v) is 31.3. The third-order valence-electron chi connectivity index (χ3n) is 22.6. The number of anilines is 8. The Morgan fingerprint density at radius 1 is 0.426 bits per heavy atom. The van der Waals surface area contributed by atoms with E-state index in [1.807, 2.05) is 193 Å². The number of benzene rings is 12. The van der Waals surface area contributed by atoms with Crippen molar-refractivity contribution in [2.24, 2.45) is 9.56 Å².